The fraction of sp³-hybridized carbons (Fsp3) is 0.783. The molecule has 1 aliphatic carbocycles. The molecule has 3 fully saturated rings. The van der Waals surface area contributed by atoms with Gasteiger partial charge in [0.05, 0.1) is 30.5 Å². The van der Waals surface area contributed by atoms with E-state index >= 15 is 0 Å². The molecule has 2 saturated heterocycles. The Morgan fingerprint density at radius 2 is 1.47 bits per heavy atom. The summed E-state index contributed by atoms with van der Waals surface area (Å²) in [5, 5.41) is 12.1. The Morgan fingerprint density at radius 1 is 0.789 bits per heavy atom. The van der Waals surface area contributed by atoms with E-state index in [-0.39, 0.29) is 71.9 Å². The number of aliphatic hydroxyl groups is 1. The van der Waals surface area contributed by atoms with Crippen molar-refractivity contribution in [3.8, 4) is 0 Å². The fourth-order valence-corrected chi connectivity index (χ4v) is 13.8. The molecule has 432 valence electrons. The number of carbonyl (C=O) groups is 5. The number of hydrogen-bond acceptors (Lipinski definition) is 13. The summed E-state index contributed by atoms with van der Waals surface area (Å²) in [5.74, 6) is -7.24. The van der Waals surface area contributed by atoms with E-state index in [4.69, 9.17) is 32.5 Å². The number of esters is 1. The highest BCUT2D eigenvalue weighted by molar-refractivity contribution is 6.74. The average molecular weight is 1100 g/mol. The smallest absolute Gasteiger partial charge is 0.329 e. The highest BCUT2D eigenvalue weighted by atomic mass is 28.4. The van der Waals surface area contributed by atoms with Gasteiger partial charge in [-0.2, -0.15) is 0 Å². The number of cyclic esters (lactones) is 1. The molecule has 0 aromatic rings. The number of rotatable bonds is 10. The molecule has 1 N–H and O–H groups in total. The number of nitrogens with zero attached hydrogens (tertiary/aromatic N) is 1. The van der Waals surface area contributed by atoms with Crippen LogP contribution in [0, 0.1) is 35.5 Å². The predicted octanol–water partition coefficient (Wildman–Crippen LogP) is 11.1. The molecule has 3 aliphatic heterocycles. The zero-order valence-corrected chi connectivity index (χ0v) is 52.0. The van der Waals surface area contributed by atoms with E-state index in [1.54, 1.807) is 21.1 Å². The van der Waals surface area contributed by atoms with E-state index in [9.17, 15) is 29.1 Å². The first-order valence-electron chi connectivity index (χ1n) is 28.5. The molecule has 76 heavy (non-hydrogen) atoms. The van der Waals surface area contributed by atoms with Crippen molar-refractivity contribution in [2.45, 2.75) is 239 Å². The van der Waals surface area contributed by atoms with Crippen LogP contribution in [-0.2, 0) is 56.5 Å². The number of carbonyl (C=O) groups excluding carboxylic acids is 5. The van der Waals surface area contributed by atoms with Crippen LogP contribution in [0.3, 0.4) is 0 Å². The van der Waals surface area contributed by atoms with Crippen LogP contribution in [0.5, 0.6) is 0 Å². The van der Waals surface area contributed by atoms with E-state index in [2.05, 4.69) is 66.5 Å². The number of ketones is 3. The van der Waals surface area contributed by atoms with Gasteiger partial charge in [0.25, 0.3) is 11.7 Å². The number of hydrogen-bond donors (Lipinski definition) is 1. The fourth-order valence-electron chi connectivity index (χ4n) is 11.3. The second-order valence-corrected chi connectivity index (χ2v) is 34.9. The number of allylic oxidation sites excluding steroid dienone is 6. The Bertz CT molecular complexity index is 2090. The summed E-state index contributed by atoms with van der Waals surface area (Å²) in [6.45, 7) is 30.8. The molecule has 0 aromatic carbocycles. The highest BCUT2D eigenvalue weighted by Gasteiger charge is 2.53. The number of piperidine rings is 1. The van der Waals surface area contributed by atoms with Gasteiger partial charge in [0, 0.05) is 58.5 Å². The summed E-state index contributed by atoms with van der Waals surface area (Å²) in [4.78, 5) is 74.0. The van der Waals surface area contributed by atoms with Crippen molar-refractivity contribution in [3.63, 3.8) is 0 Å². The SMILES string of the molecule is CO[C@H]1C[C@@H]2CC[C@@H](C)[C@@](O)(O2)C(=O)C(=O)N2CCCC[C@H]2C(=O)O[C@H]([C@H](C)C[C@@H]2CC[C@@H](O[Si](C)(C)C(C)(C)C)[C@H](OC)C2)CC(=O)[C@H](C)/C=C(\C)[C@@H](O[Si](C)(C)C)[C@@H](OC)C(=O)[C@H](C)C[C@H](C)/C=C/C=CC=C1C. The van der Waals surface area contributed by atoms with Crippen LogP contribution in [0.15, 0.2) is 47.6 Å². The van der Waals surface area contributed by atoms with Gasteiger partial charge in [-0.05, 0) is 145 Å². The maximum atomic E-state index is 14.7. The molecule has 1 saturated carbocycles. The Balaban J connectivity index is 1.76. The van der Waals surface area contributed by atoms with E-state index in [1.807, 2.05) is 65.0 Å². The molecule has 1 amide bonds. The minimum absolute atomic E-state index is 0.0372. The van der Waals surface area contributed by atoms with Crippen molar-refractivity contribution < 1.29 is 61.6 Å². The molecule has 16 heteroatoms. The molecule has 4 rings (SSSR count). The summed E-state index contributed by atoms with van der Waals surface area (Å²) < 4.78 is 44.4. The van der Waals surface area contributed by atoms with Crippen LogP contribution in [0.25, 0.3) is 0 Å². The monoisotopic (exact) mass is 1100 g/mol. The molecule has 3 heterocycles. The normalized spacial score (nSPS) is 35.9. The first-order valence-corrected chi connectivity index (χ1v) is 34.9. The largest absolute Gasteiger partial charge is 0.460 e. The van der Waals surface area contributed by atoms with Crippen molar-refractivity contribution in [2.24, 2.45) is 35.5 Å². The molecule has 14 nitrogen and oxygen atoms in total. The Morgan fingerprint density at radius 3 is 2.09 bits per heavy atom. The number of amides is 1. The van der Waals surface area contributed by atoms with Gasteiger partial charge in [-0.3, -0.25) is 19.2 Å². The van der Waals surface area contributed by atoms with Gasteiger partial charge < -0.3 is 42.5 Å². The van der Waals surface area contributed by atoms with E-state index < -0.39 is 88.5 Å². The summed E-state index contributed by atoms with van der Waals surface area (Å²) >= 11 is 0. The third-order valence-electron chi connectivity index (χ3n) is 17.2. The van der Waals surface area contributed by atoms with Crippen molar-refractivity contribution in [1.82, 2.24) is 4.90 Å². The minimum Gasteiger partial charge on any atom is -0.460 e. The molecule has 4 aliphatic rings. The van der Waals surface area contributed by atoms with Gasteiger partial charge in [0.15, 0.2) is 22.4 Å². The maximum Gasteiger partial charge on any atom is 0.329 e. The summed E-state index contributed by atoms with van der Waals surface area (Å²) in [6, 6.07) is -1.12. The second kappa shape index (κ2) is 28.5. The molecular weight excluding hydrogens is 999 g/mol. The van der Waals surface area contributed by atoms with Gasteiger partial charge in [-0.15, -0.1) is 0 Å². The number of ether oxygens (including phenoxy) is 5. The van der Waals surface area contributed by atoms with E-state index in [0.29, 0.717) is 50.5 Å². The van der Waals surface area contributed by atoms with Crippen molar-refractivity contribution in [1.29, 1.82) is 0 Å². The topological polar surface area (TPSA) is 173 Å². The van der Waals surface area contributed by atoms with Crippen LogP contribution in [0.4, 0.5) is 0 Å². The maximum absolute atomic E-state index is 14.7. The molecule has 0 aromatic heterocycles. The van der Waals surface area contributed by atoms with Crippen molar-refractivity contribution >= 4 is 45.9 Å². The molecule has 15 atom stereocenters. The Labute approximate surface area is 460 Å². The summed E-state index contributed by atoms with van der Waals surface area (Å²) in [6.07, 6.45) is 14.2. The van der Waals surface area contributed by atoms with E-state index in [1.165, 1.54) is 12.0 Å². The summed E-state index contributed by atoms with van der Waals surface area (Å²) in [5.41, 5.74) is 1.60. The molecule has 0 spiro atoms. The summed E-state index contributed by atoms with van der Waals surface area (Å²) in [7, 11) is 0.479. The van der Waals surface area contributed by atoms with Gasteiger partial charge >= 0.3 is 5.97 Å². The number of Topliss-reactive ketones (excluding diaryl/α,β-unsaturated/α-hetero) is 3. The second-order valence-electron chi connectivity index (χ2n) is 25.6. The quantitative estimate of drug-likeness (QED) is 0.0948. The van der Waals surface area contributed by atoms with Gasteiger partial charge in [0.1, 0.15) is 24.0 Å². The first kappa shape index (κ1) is 65.6. The van der Waals surface area contributed by atoms with E-state index in [0.717, 1.165) is 24.8 Å². The first-order chi connectivity index (χ1) is 35.4. The standard InChI is InChI=1S/C60H101NO13Si2/c1-38-24-20-19-21-25-39(2)50(68-11)36-46-29-27-44(7)60(67,72-46)56(64)57(65)61-31-23-22-26-47(61)58(66)71-51(41(4)34-45-28-30-49(52(35-45)69-12)73-76(17,18)59(8,9)10)37-48(62)40(3)33-43(6)54(74-75(14,15)16)55(70-13)53(63)42(5)32-38/h19-21,24-25,33,38,40-42,44-47,49-52,54-55,67H,22-23,26-32,34-37H2,1-18H3/b21-19?,24-20+,39-25?,43-33+/t38-,40-,41-,42-,44-,45+,46+,47+,49-,50+,51+,52-,54-,55+,60-/m1/s1. The lowest BCUT2D eigenvalue weighted by Crippen LogP contribution is -2.61. The Kier molecular flexibility index (Phi) is 24.6. The molecule has 2 bridgehead atoms. The van der Waals surface area contributed by atoms with Gasteiger partial charge in [-0.25, -0.2) is 4.79 Å². The average Bonchev–Trinajstić information content (AvgIpc) is 3.34. The van der Waals surface area contributed by atoms with Crippen LogP contribution in [0.1, 0.15) is 146 Å². The lowest BCUT2D eigenvalue weighted by molar-refractivity contribution is -0.265. The number of fused-ring (bicyclic) bond motifs is 3. The number of methoxy groups -OCH3 is 3. The lowest BCUT2D eigenvalue weighted by Gasteiger charge is -2.44. The van der Waals surface area contributed by atoms with Gasteiger partial charge in [-0.1, -0.05) is 91.8 Å². The molecule has 0 radical (unpaired) electrons. The van der Waals surface area contributed by atoms with Crippen LogP contribution in [0.2, 0.25) is 37.8 Å². The van der Waals surface area contributed by atoms with Crippen LogP contribution >= 0.6 is 0 Å². The molecular formula is C60H101NO13Si2. The Hall–Kier alpha value is -2.94. The van der Waals surface area contributed by atoms with Crippen molar-refractivity contribution in [3.05, 3.63) is 47.6 Å². The minimum atomic E-state index is -2.42. The lowest BCUT2D eigenvalue weighted by atomic mass is 9.78. The van der Waals surface area contributed by atoms with Crippen molar-refractivity contribution in [2.75, 3.05) is 27.9 Å². The zero-order valence-electron chi connectivity index (χ0n) is 50.0. The van der Waals surface area contributed by atoms with Crippen LogP contribution in [-0.4, -0.2) is 138 Å². The van der Waals surface area contributed by atoms with Crippen LogP contribution < -0.4 is 0 Å². The third kappa shape index (κ3) is 17.8. The highest BCUT2D eigenvalue weighted by Crippen LogP contribution is 2.42. The molecule has 0 unspecified atom stereocenters. The zero-order chi connectivity index (χ0) is 57.1. The van der Waals surface area contributed by atoms with Gasteiger partial charge in [0.2, 0.25) is 5.79 Å². The third-order valence-corrected chi connectivity index (χ3v) is 22.6. The predicted molar refractivity (Wildman–Crippen MR) is 303 cm³/mol.